The van der Waals surface area contributed by atoms with Gasteiger partial charge in [0.2, 0.25) is 0 Å². The van der Waals surface area contributed by atoms with Gasteiger partial charge < -0.3 is 5.32 Å². The number of fused-ring (bicyclic) bond motifs is 2. The highest BCUT2D eigenvalue weighted by Crippen LogP contribution is 2.31. The minimum atomic E-state index is -0.130. The summed E-state index contributed by atoms with van der Waals surface area (Å²) in [5.41, 5.74) is 3.25. The zero-order valence-corrected chi connectivity index (χ0v) is 12.0. The molecule has 1 amide bonds. The first-order valence-electron chi connectivity index (χ1n) is 6.32. The van der Waals surface area contributed by atoms with E-state index in [1.807, 2.05) is 31.2 Å². The number of amides is 1. The van der Waals surface area contributed by atoms with Crippen molar-refractivity contribution in [2.45, 2.75) is 6.92 Å². The van der Waals surface area contributed by atoms with Gasteiger partial charge in [0.15, 0.2) is 0 Å². The number of benzene rings is 2. The highest BCUT2D eigenvalue weighted by atomic mass is 35.5. The highest BCUT2D eigenvalue weighted by Gasteiger charge is 2.11. The van der Waals surface area contributed by atoms with Crippen molar-refractivity contribution in [3.63, 3.8) is 0 Å². The van der Waals surface area contributed by atoms with Crippen molar-refractivity contribution in [2.75, 3.05) is 7.05 Å². The van der Waals surface area contributed by atoms with E-state index in [0.29, 0.717) is 10.6 Å². The molecule has 2 aromatic carbocycles. The second kappa shape index (κ2) is 4.76. The lowest BCUT2D eigenvalue weighted by Gasteiger charge is -2.08. The van der Waals surface area contributed by atoms with E-state index in [4.69, 9.17) is 11.6 Å². The maximum Gasteiger partial charge on any atom is 0.251 e. The molecule has 0 radical (unpaired) electrons. The van der Waals surface area contributed by atoms with Crippen LogP contribution in [-0.4, -0.2) is 17.9 Å². The third-order valence-electron chi connectivity index (χ3n) is 3.43. The van der Waals surface area contributed by atoms with Crippen molar-refractivity contribution >= 4 is 39.3 Å². The van der Waals surface area contributed by atoms with Crippen molar-refractivity contribution in [1.82, 2.24) is 10.3 Å². The summed E-state index contributed by atoms with van der Waals surface area (Å²) in [4.78, 5) is 16.4. The summed E-state index contributed by atoms with van der Waals surface area (Å²) >= 11 is 6.47. The summed E-state index contributed by atoms with van der Waals surface area (Å²) in [5.74, 6) is -0.130. The lowest BCUT2D eigenvalue weighted by molar-refractivity contribution is 0.0963. The van der Waals surface area contributed by atoms with Crippen LogP contribution < -0.4 is 5.32 Å². The smallest absolute Gasteiger partial charge is 0.251 e. The summed E-state index contributed by atoms with van der Waals surface area (Å²) in [6.45, 7) is 2.00. The molecule has 0 aliphatic carbocycles. The van der Waals surface area contributed by atoms with Crippen molar-refractivity contribution < 1.29 is 4.79 Å². The number of halogens is 1. The quantitative estimate of drug-likeness (QED) is 0.692. The number of hydrogen-bond acceptors (Lipinski definition) is 2. The molecule has 3 nitrogen and oxygen atoms in total. The SMILES string of the molecule is CNC(=O)c1ccc2c(Cl)c3cccc(C)c3nc2c1. The number of para-hydroxylation sites is 1. The number of nitrogens with one attached hydrogen (secondary N) is 1. The Morgan fingerprint density at radius 1 is 1.20 bits per heavy atom. The molecule has 0 saturated carbocycles. The van der Waals surface area contributed by atoms with Gasteiger partial charge in [0, 0.05) is 23.4 Å². The van der Waals surface area contributed by atoms with Gasteiger partial charge in [0.05, 0.1) is 16.1 Å². The number of hydrogen-bond donors (Lipinski definition) is 1. The fourth-order valence-corrected chi connectivity index (χ4v) is 2.66. The van der Waals surface area contributed by atoms with Gasteiger partial charge in [-0.25, -0.2) is 4.98 Å². The molecule has 100 valence electrons. The van der Waals surface area contributed by atoms with E-state index in [0.717, 1.165) is 27.4 Å². The lowest BCUT2D eigenvalue weighted by atomic mass is 10.1. The summed E-state index contributed by atoms with van der Waals surface area (Å²) in [6, 6.07) is 11.3. The molecule has 0 atom stereocenters. The van der Waals surface area contributed by atoms with E-state index in [-0.39, 0.29) is 5.91 Å². The van der Waals surface area contributed by atoms with E-state index in [2.05, 4.69) is 10.3 Å². The zero-order chi connectivity index (χ0) is 14.3. The number of carbonyl (C=O) groups is 1. The first-order valence-corrected chi connectivity index (χ1v) is 6.70. The number of rotatable bonds is 1. The molecule has 0 fully saturated rings. The van der Waals surface area contributed by atoms with Gasteiger partial charge in [-0.3, -0.25) is 4.79 Å². The molecular weight excluding hydrogens is 272 g/mol. The first-order chi connectivity index (χ1) is 9.61. The molecule has 0 saturated heterocycles. The number of carbonyl (C=O) groups excluding carboxylic acids is 1. The van der Waals surface area contributed by atoms with Crippen LogP contribution in [0, 0.1) is 6.92 Å². The Morgan fingerprint density at radius 3 is 2.75 bits per heavy atom. The zero-order valence-electron chi connectivity index (χ0n) is 11.2. The van der Waals surface area contributed by atoms with Crippen LogP contribution in [0.25, 0.3) is 21.8 Å². The van der Waals surface area contributed by atoms with Crippen LogP contribution in [0.4, 0.5) is 0 Å². The Hall–Kier alpha value is -2.13. The van der Waals surface area contributed by atoms with Crippen LogP contribution in [0.2, 0.25) is 5.02 Å². The fourth-order valence-electron chi connectivity index (χ4n) is 2.35. The Labute approximate surface area is 121 Å². The van der Waals surface area contributed by atoms with Crippen LogP contribution >= 0.6 is 11.6 Å². The normalized spacial score (nSPS) is 10.9. The number of aryl methyl sites for hydroxylation is 1. The summed E-state index contributed by atoms with van der Waals surface area (Å²) in [5, 5.41) is 5.08. The van der Waals surface area contributed by atoms with Gasteiger partial charge in [-0.1, -0.05) is 35.9 Å². The summed E-state index contributed by atoms with van der Waals surface area (Å²) < 4.78 is 0. The Morgan fingerprint density at radius 2 is 2.00 bits per heavy atom. The van der Waals surface area contributed by atoms with Crippen molar-refractivity contribution in [3.05, 3.63) is 52.5 Å². The molecule has 3 rings (SSSR count). The number of aromatic nitrogens is 1. The summed E-state index contributed by atoms with van der Waals surface area (Å²) in [7, 11) is 1.61. The van der Waals surface area contributed by atoms with Gasteiger partial charge in [-0.15, -0.1) is 0 Å². The Bertz CT molecular complexity index is 843. The van der Waals surface area contributed by atoms with E-state index in [1.165, 1.54) is 0 Å². The molecule has 0 bridgehead atoms. The van der Waals surface area contributed by atoms with E-state index < -0.39 is 0 Å². The molecule has 0 aliphatic heterocycles. The Balaban J connectivity index is 2.38. The molecule has 1 aromatic heterocycles. The summed E-state index contributed by atoms with van der Waals surface area (Å²) in [6.07, 6.45) is 0. The third-order valence-corrected chi connectivity index (χ3v) is 3.84. The minimum absolute atomic E-state index is 0.130. The van der Waals surface area contributed by atoms with Crippen LogP contribution in [0.3, 0.4) is 0 Å². The van der Waals surface area contributed by atoms with Gasteiger partial charge in [-0.05, 0) is 24.6 Å². The molecule has 1 N–H and O–H groups in total. The molecular formula is C16H13ClN2O. The number of nitrogens with zero attached hydrogens (tertiary/aromatic N) is 1. The molecule has 0 spiro atoms. The predicted molar refractivity (Wildman–Crippen MR) is 82.4 cm³/mol. The van der Waals surface area contributed by atoms with E-state index >= 15 is 0 Å². The molecule has 20 heavy (non-hydrogen) atoms. The first kappa shape index (κ1) is 12.9. The molecule has 0 aliphatic rings. The minimum Gasteiger partial charge on any atom is -0.355 e. The Kier molecular flexibility index (Phi) is 3.07. The fraction of sp³-hybridized carbons (Fsp3) is 0.125. The lowest BCUT2D eigenvalue weighted by Crippen LogP contribution is -2.17. The average molecular weight is 285 g/mol. The maximum atomic E-state index is 11.7. The van der Waals surface area contributed by atoms with Crippen molar-refractivity contribution in [2.24, 2.45) is 0 Å². The molecule has 0 unspecified atom stereocenters. The van der Waals surface area contributed by atoms with E-state index in [1.54, 1.807) is 19.2 Å². The molecule has 3 aromatic rings. The van der Waals surface area contributed by atoms with Gasteiger partial charge in [-0.2, -0.15) is 0 Å². The second-order valence-electron chi connectivity index (χ2n) is 4.71. The standard InChI is InChI=1S/C16H13ClN2O/c1-9-4-3-5-12-14(17)11-7-6-10(16(20)18-2)8-13(11)19-15(9)12/h3-8H,1-2H3,(H,18,20). The average Bonchev–Trinajstić information content (AvgIpc) is 2.47. The maximum absolute atomic E-state index is 11.7. The molecule has 1 heterocycles. The van der Waals surface area contributed by atoms with Gasteiger partial charge in [0.1, 0.15) is 0 Å². The van der Waals surface area contributed by atoms with E-state index in [9.17, 15) is 4.79 Å². The van der Waals surface area contributed by atoms with Crippen LogP contribution in [0.1, 0.15) is 15.9 Å². The van der Waals surface area contributed by atoms with Crippen LogP contribution in [-0.2, 0) is 0 Å². The second-order valence-corrected chi connectivity index (χ2v) is 5.09. The van der Waals surface area contributed by atoms with Gasteiger partial charge >= 0.3 is 0 Å². The number of pyridine rings is 1. The van der Waals surface area contributed by atoms with Crippen molar-refractivity contribution in [3.8, 4) is 0 Å². The van der Waals surface area contributed by atoms with Crippen molar-refractivity contribution in [1.29, 1.82) is 0 Å². The monoisotopic (exact) mass is 284 g/mol. The predicted octanol–water partition coefficient (Wildman–Crippen LogP) is 3.71. The topological polar surface area (TPSA) is 42.0 Å². The third kappa shape index (κ3) is 1.91. The highest BCUT2D eigenvalue weighted by molar-refractivity contribution is 6.40. The molecule has 4 heteroatoms. The van der Waals surface area contributed by atoms with Crippen LogP contribution in [0.5, 0.6) is 0 Å². The van der Waals surface area contributed by atoms with Gasteiger partial charge in [0.25, 0.3) is 5.91 Å². The van der Waals surface area contributed by atoms with Crippen LogP contribution in [0.15, 0.2) is 36.4 Å². The largest absolute Gasteiger partial charge is 0.355 e.